The van der Waals surface area contributed by atoms with Gasteiger partial charge in [-0.1, -0.05) is 30.3 Å². The maximum absolute atomic E-state index is 13.0. The highest BCUT2D eigenvalue weighted by atomic mass is 32.2. The molecule has 1 saturated heterocycles. The van der Waals surface area contributed by atoms with Crippen LogP contribution in [0, 0.1) is 6.92 Å². The quantitative estimate of drug-likeness (QED) is 0.804. The van der Waals surface area contributed by atoms with E-state index in [4.69, 9.17) is 4.74 Å². The van der Waals surface area contributed by atoms with Crippen molar-refractivity contribution in [2.75, 3.05) is 31.6 Å². The van der Waals surface area contributed by atoms with Crippen molar-refractivity contribution in [3.8, 4) is 5.75 Å². The highest BCUT2D eigenvalue weighted by Crippen LogP contribution is 2.34. The number of likely N-dealkylation sites (N-methyl/N-ethyl adjacent to an activating group) is 1. The zero-order valence-corrected chi connectivity index (χ0v) is 16.7. The maximum atomic E-state index is 13.0. The second-order valence-corrected chi connectivity index (χ2v) is 8.70. The van der Waals surface area contributed by atoms with Gasteiger partial charge in [-0.3, -0.25) is 4.79 Å². The Hall–Kier alpha value is -2.14. The lowest BCUT2D eigenvalue weighted by Gasteiger charge is -2.38. The van der Waals surface area contributed by atoms with Gasteiger partial charge < -0.3 is 14.5 Å². The van der Waals surface area contributed by atoms with E-state index in [0.717, 1.165) is 37.4 Å². The summed E-state index contributed by atoms with van der Waals surface area (Å²) in [4.78, 5) is 18.5. The molecule has 0 aromatic heterocycles. The molecule has 0 radical (unpaired) electrons. The lowest BCUT2D eigenvalue weighted by Crippen LogP contribution is -2.51. The van der Waals surface area contributed by atoms with E-state index in [1.165, 1.54) is 10.5 Å². The molecule has 0 spiro atoms. The Balaban J connectivity index is 1.35. The molecule has 0 N–H and O–H groups in total. The van der Waals surface area contributed by atoms with Crippen molar-refractivity contribution in [2.24, 2.45) is 0 Å². The average Bonchev–Trinajstić information content (AvgIpc) is 2.70. The van der Waals surface area contributed by atoms with E-state index in [2.05, 4.69) is 36.1 Å². The van der Waals surface area contributed by atoms with Gasteiger partial charge in [-0.25, -0.2) is 0 Å². The number of para-hydroxylation sites is 2. The molecule has 5 heteroatoms. The number of piperidine rings is 1. The number of likely N-dealkylation sites (tertiary alicyclic amines) is 1. The van der Waals surface area contributed by atoms with E-state index in [0.29, 0.717) is 11.8 Å². The van der Waals surface area contributed by atoms with E-state index in [1.807, 2.05) is 48.0 Å². The van der Waals surface area contributed by atoms with Crippen LogP contribution in [0.2, 0.25) is 0 Å². The summed E-state index contributed by atoms with van der Waals surface area (Å²) in [6, 6.07) is 16.5. The largest absolute Gasteiger partial charge is 0.477 e. The second kappa shape index (κ2) is 7.85. The molecule has 2 aliphatic rings. The lowest BCUT2D eigenvalue weighted by molar-refractivity contribution is -0.139. The molecule has 4 rings (SSSR count). The molecule has 142 valence electrons. The first-order valence-electron chi connectivity index (χ1n) is 9.60. The van der Waals surface area contributed by atoms with Gasteiger partial charge in [-0.15, -0.1) is 11.8 Å². The molecule has 4 nitrogen and oxygen atoms in total. The van der Waals surface area contributed by atoms with Crippen LogP contribution >= 0.6 is 11.8 Å². The molecule has 2 heterocycles. The minimum atomic E-state index is -0.412. The van der Waals surface area contributed by atoms with Crippen LogP contribution in [0.3, 0.4) is 0 Å². The predicted octanol–water partition coefficient (Wildman–Crippen LogP) is 3.98. The number of anilines is 1. The standard InChI is InChI=1S/C22H26N2O2S/c1-16-7-3-6-10-21(16)27-17-11-13-24(14-12-17)22(25)20-15-23(2)18-8-4-5-9-19(18)26-20/h3-10,17,20H,11-15H2,1-2H3/t20-/m1/s1. The first-order chi connectivity index (χ1) is 13.1. The third-order valence-corrected chi connectivity index (χ3v) is 6.92. The van der Waals surface area contributed by atoms with Crippen LogP contribution in [0.4, 0.5) is 5.69 Å². The van der Waals surface area contributed by atoms with Gasteiger partial charge in [0.15, 0.2) is 6.10 Å². The summed E-state index contributed by atoms with van der Waals surface area (Å²) in [5.41, 5.74) is 2.38. The van der Waals surface area contributed by atoms with Gasteiger partial charge in [0.1, 0.15) is 5.75 Å². The van der Waals surface area contributed by atoms with Crippen LogP contribution in [0.1, 0.15) is 18.4 Å². The zero-order chi connectivity index (χ0) is 18.8. The number of thioether (sulfide) groups is 1. The van der Waals surface area contributed by atoms with Crippen LogP contribution in [0.5, 0.6) is 5.75 Å². The Morgan fingerprint density at radius 3 is 2.56 bits per heavy atom. The number of carbonyl (C=O) groups excluding carboxylic acids is 1. The van der Waals surface area contributed by atoms with Crippen LogP contribution in [-0.2, 0) is 4.79 Å². The Kier molecular flexibility index (Phi) is 5.30. The third-order valence-electron chi connectivity index (χ3n) is 5.40. The normalized spacial score (nSPS) is 20.1. The number of carbonyl (C=O) groups is 1. The van der Waals surface area contributed by atoms with Crippen molar-refractivity contribution in [1.82, 2.24) is 4.90 Å². The van der Waals surface area contributed by atoms with Crippen LogP contribution in [0.15, 0.2) is 53.4 Å². The summed E-state index contributed by atoms with van der Waals surface area (Å²) >= 11 is 1.95. The molecule has 2 aromatic carbocycles. The number of ether oxygens (including phenoxy) is 1. The molecule has 0 unspecified atom stereocenters. The number of hydrogen-bond acceptors (Lipinski definition) is 4. The van der Waals surface area contributed by atoms with Gasteiger partial charge in [0.05, 0.1) is 12.2 Å². The Morgan fingerprint density at radius 1 is 1.07 bits per heavy atom. The fourth-order valence-electron chi connectivity index (χ4n) is 3.80. The Labute approximate surface area is 165 Å². The van der Waals surface area contributed by atoms with E-state index >= 15 is 0 Å². The van der Waals surface area contributed by atoms with Crippen LogP contribution in [0.25, 0.3) is 0 Å². The average molecular weight is 383 g/mol. The van der Waals surface area contributed by atoms with Crippen molar-refractivity contribution in [3.63, 3.8) is 0 Å². The number of nitrogens with zero attached hydrogens (tertiary/aromatic N) is 2. The third kappa shape index (κ3) is 3.93. The number of benzene rings is 2. The SMILES string of the molecule is Cc1ccccc1SC1CCN(C(=O)[C@H]2CN(C)c3ccccc3O2)CC1. The monoisotopic (exact) mass is 382 g/mol. The number of fused-ring (bicyclic) bond motifs is 1. The topological polar surface area (TPSA) is 32.8 Å². The first kappa shape index (κ1) is 18.2. The van der Waals surface area contributed by atoms with Crippen molar-refractivity contribution in [2.45, 2.75) is 36.0 Å². The molecular weight excluding hydrogens is 356 g/mol. The molecule has 1 atom stereocenters. The summed E-state index contributed by atoms with van der Waals surface area (Å²) in [7, 11) is 2.02. The minimum absolute atomic E-state index is 0.121. The molecule has 1 fully saturated rings. The number of rotatable bonds is 3. The summed E-state index contributed by atoms with van der Waals surface area (Å²) in [5.74, 6) is 0.922. The fraction of sp³-hybridized carbons (Fsp3) is 0.409. The van der Waals surface area contributed by atoms with E-state index in [-0.39, 0.29) is 5.91 Å². The van der Waals surface area contributed by atoms with Crippen LogP contribution in [-0.4, -0.2) is 48.8 Å². The highest BCUT2D eigenvalue weighted by Gasteiger charge is 2.34. The Morgan fingerprint density at radius 2 is 1.78 bits per heavy atom. The molecule has 27 heavy (non-hydrogen) atoms. The van der Waals surface area contributed by atoms with Crippen molar-refractivity contribution < 1.29 is 9.53 Å². The Bertz CT molecular complexity index is 817. The van der Waals surface area contributed by atoms with Gasteiger partial charge in [0, 0.05) is 30.3 Å². The summed E-state index contributed by atoms with van der Waals surface area (Å²) in [6.07, 6.45) is 1.65. The van der Waals surface area contributed by atoms with Gasteiger partial charge in [0.25, 0.3) is 5.91 Å². The van der Waals surface area contributed by atoms with E-state index in [9.17, 15) is 4.79 Å². The van der Waals surface area contributed by atoms with Gasteiger partial charge in [-0.2, -0.15) is 0 Å². The van der Waals surface area contributed by atoms with Crippen molar-refractivity contribution in [3.05, 3.63) is 54.1 Å². The number of amides is 1. The van der Waals surface area contributed by atoms with Gasteiger partial charge in [-0.05, 0) is 43.5 Å². The van der Waals surface area contributed by atoms with Crippen molar-refractivity contribution in [1.29, 1.82) is 0 Å². The number of hydrogen-bond donors (Lipinski definition) is 0. The molecule has 2 aromatic rings. The van der Waals surface area contributed by atoms with Gasteiger partial charge in [0.2, 0.25) is 0 Å². The number of aryl methyl sites for hydroxylation is 1. The summed E-state index contributed by atoms with van der Waals surface area (Å²) in [6.45, 7) is 4.39. The van der Waals surface area contributed by atoms with Crippen LogP contribution < -0.4 is 9.64 Å². The smallest absolute Gasteiger partial charge is 0.265 e. The van der Waals surface area contributed by atoms with Gasteiger partial charge >= 0.3 is 0 Å². The lowest BCUT2D eigenvalue weighted by atomic mass is 10.1. The first-order valence-corrected chi connectivity index (χ1v) is 10.5. The molecule has 0 bridgehead atoms. The molecule has 2 aliphatic heterocycles. The molecule has 1 amide bonds. The van der Waals surface area contributed by atoms with E-state index < -0.39 is 6.10 Å². The summed E-state index contributed by atoms with van der Waals surface area (Å²) in [5, 5.41) is 0.575. The molecule has 0 aliphatic carbocycles. The van der Waals surface area contributed by atoms with E-state index in [1.54, 1.807) is 0 Å². The molecular formula is C22H26N2O2S. The fourth-order valence-corrected chi connectivity index (χ4v) is 5.02. The zero-order valence-electron chi connectivity index (χ0n) is 15.9. The predicted molar refractivity (Wildman–Crippen MR) is 111 cm³/mol. The highest BCUT2D eigenvalue weighted by molar-refractivity contribution is 8.00. The summed E-state index contributed by atoms with van der Waals surface area (Å²) < 4.78 is 6.02. The maximum Gasteiger partial charge on any atom is 0.265 e. The second-order valence-electron chi connectivity index (χ2n) is 7.36. The minimum Gasteiger partial charge on any atom is -0.477 e. The van der Waals surface area contributed by atoms with Crippen molar-refractivity contribution >= 4 is 23.4 Å². The molecule has 0 saturated carbocycles.